The van der Waals surface area contributed by atoms with Gasteiger partial charge in [-0.3, -0.25) is 14.5 Å². The first-order chi connectivity index (χ1) is 19.0. The third-order valence-corrected chi connectivity index (χ3v) is 8.17. The van der Waals surface area contributed by atoms with Gasteiger partial charge in [0.2, 0.25) is 11.8 Å². The highest BCUT2D eigenvalue weighted by atomic mass is 35.5. The summed E-state index contributed by atoms with van der Waals surface area (Å²) in [6, 6.07) is 13.2. The number of nitrogens with zero attached hydrogens (tertiary/aromatic N) is 3. The van der Waals surface area contributed by atoms with Crippen molar-refractivity contribution in [1.29, 1.82) is 0 Å². The lowest BCUT2D eigenvalue weighted by molar-refractivity contribution is -0.123. The predicted molar refractivity (Wildman–Crippen MR) is 161 cm³/mol. The molecule has 0 saturated carbocycles. The molecule has 0 unspecified atom stereocenters. The van der Waals surface area contributed by atoms with Crippen LogP contribution in [0.2, 0.25) is 5.02 Å². The van der Waals surface area contributed by atoms with Crippen LogP contribution in [-0.4, -0.2) is 54.7 Å². The highest BCUT2D eigenvalue weighted by Crippen LogP contribution is 2.49. The van der Waals surface area contributed by atoms with Crippen LogP contribution in [0, 0.1) is 5.92 Å². The fourth-order valence-electron chi connectivity index (χ4n) is 4.66. The standard InChI is InChI=1S/C30H37ClN4O4S/c1-18(2)15-32-24(36)16-34-25(37)17-40-27(19-12-13-22(38-6)23(14-19)39-7)26-28(30(3,4)5)33-35(29(26)34)21-11-9-8-10-20(21)31/h8-14,18,27H,15-17H2,1-7H3,(H,32,36)/t27-/m0/s1. The topological polar surface area (TPSA) is 85.7 Å². The molecule has 2 amide bonds. The van der Waals surface area contributed by atoms with E-state index in [4.69, 9.17) is 26.2 Å². The number of anilines is 1. The van der Waals surface area contributed by atoms with E-state index in [0.29, 0.717) is 34.6 Å². The zero-order valence-electron chi connectivity index (χ0n) is 24.1. The Balaban J connectivity index is 2.00. The fraction of sp³-hybridized carbons (Fsp3) is 0.433. The van der Waals surface area contributed by atoms with Gasteiger partial charge in [-0.2, -0.15) is 5.10 Å². The molecule has 0 aliphatic carbocycles. The summed E-state index contributed by atoms with van der Waals surface area (Å²) in [6.45, 7) is 10.7. The number of benzene rings is 2. The quantitative estimate of drug-likeness (QED) is 0.361. The second-order valence-electron chi connectivity index (χ2n) is 11.2. The summed E-state index contributed by atoms with van der Waals surface area (Å²) in [6.07, 6.45) is 0. The maximum absolute atomic E-state index is 13.8. The Bertz CT molecular complexity index is 1400. The molecule has 1 aliphatic rings. The smallest absolute Gasteiger partial charge is 0.240 e. The third-order valence-electron chi connectivity index (χ3n) is 6.60. The van der Waals surface area contributed by atoms with Gasteiger partial charge in [0.05, 0.1) is 41.6 Å². The molecular formula is C30H37ClN4O4S. The van der Waals surface area contributed by atoms with Gasteiger partial charge in [-0.1, -0.05) is 64.4 Å². The lowest BCUT2D eigenvalue weighted by Crippen LogP contribution is -2.43. The Labute approximate surface area is 245 Å². The first-order valence-corrected chi connectivity index (χ1v) is 14.7. The Morgan fingerprint density at radius 3 is 2.48 bits per heavy atom. The lowest BCUT2D eigenvalue weighted by atomic mass is 9.87. The summed E-state index contributed by atoms with van der Waals surface area (Å²) in [7, 11) is 3.20. The zero-order chi connectivity index (χ0) is 29.2. The lowest BCUT2D eigenvalue weighted by Gasteiger charge is -2.25. The van der Waals surface area contributed by atoms with E-state index >= 15 is 0 Å². The second-order valence-corrected chi connectivity index (χ2v) is 12.7. The SMILES string of the molecule is COc1ccc([C@@H]2SCC(=O)N(CC(=O)NCC(C)C)c3c2c(C(C)(C)C)nn3-c2ccccc2Cl)cc1OC. The molecule has 4 rings (SSSR count). The average molecular weight is 585 g/mol. The van der Waals surface area contributed by atoms with E-state index < -0.39 is 0 Å². The van der Waals surface area contributed by atoms with Gasteiger partial charge in [-0.05, 0) is 35.7 Å². The van der Waals surface area contributed by atoms with Crippen molar-refractivity contribution in [2.45, 2.75) is 45.3 Å². The Hall–Kier alpha value is -3.17. The van der Waals surface area contributed by atoms with Crippen molar-refractivity contribution in [3.05, 3.63) is 64.3 Å². The van der Waals surface area contributed by atoms with E-state index in [1.165, 1.54) is 11.8 Å². The van der Waals surface area contributed by atoms with Crippen molar-refractivity contribution in [2.24, 2.45) is 5.92 Å². The van der Waals surface area contributed by atoms with E-state index in [1.807, 2.05) is 50.2 Å². The van der Waals surface area contributed by atoms with Crippen LogP contribution < -0.4 is 19.7 Å². The molecular weight excluding hydrogens is 548 g/mol. The molecule has 3 aromatic rings. The van der Waals surface area contributed by atoms with Crippen molar-refractivity contribution in [1.82, 2.24) is 15.1 Å². The van der Waals surface area contributed by atoms with E-state index in [2.05, 4.69) is 26.1 Å². The van der Waals surface area contributed by atoms with Crippen LogP contribution in [0.25, 0.3) is 5.69 Å². The number of para-hydroxylation sites is 1. The van der Waals surface area contributed by atoms with Crippen LogP contribution in [0.3, 0.4) is 0 Å². The Morgan fingerprint density at radius 2 is 1.85 bits per heavy atom. The Morgan fingerprint density at radius 1 is 1.15 bits per heavy atom. The first kappa shape index (κ1) is 29.8. The van der Waals surface area contributed by atoms with Crippen molar-refractivity contribution in [3.63, 3.8) is 0 Å². The number of thioether (sulfide) groups is 1. The number of rotatable bonds is 8. The summed E-state index contributed by atoms with van der Waals surface area (Å²) in [5.41, 5.74) is 2.87. The number of aromatic nitrogens is 2. The molecule has 1 N–H and O–H groups in total. The Kier molecular flexibility index (Phi) is 9.05. The molecule has 40 heavy (non-hydrogen) atoms. The zero-order valence-corrected chi connectivity index (χ0v) is 25.7. The molecule has 0 fully saturated rings. The van der Waals surface area contributed by atoms with Gasteiger partial charge < -0.3 is 14.8 Å². The number of hydrogen-bond donors (Lipinski definition) is 1. The largest absolute Gasteiger partial charge is 0.493 e. The van der Waals surface area contributed by atoms with E-state index in [-0.39, 0.29) is 40.7 Å². The van der Waals surface area contributed by atoms with Gasteiger partial charge in [0.1, 0.15) is 12.4 Å². The molecule has 0 radical (unpaired) electrons. The molecule has 8 nitrogen and oxygen atoms in total. The van der Waals surface area contributed by atoms with E-state index in [0.717, 1.165) is 16.8 Å². The first-order valence-electron chi connectivity index (χ1n) is 13.2. The summed E-state index contributed by atoms with van der Waals surface area (Å²) in [5.74, 6) is 1.82. The van der Waals surface area contributed by atoms with Crippen LogP contribution in [-0.2, 0) is 15.0 Å². The summed E-state index contributed by atoms with van der Waals surface area (Å²) in [4.78, 5) is 28.5. The number of ether oxygens (including phenoxy) is 2. The van der Waals surface area contributed by atoms with Gasteiger partial charge in [0, 0.05) is 17.5 Å². The van der Waals surface area contributed by atoms with Crippen molar-refractivity contribution in [3.8, 4) is 17.2 Å². The highest BCUT2D eigenvalue weighted by molar-refractivity contribution is 8.00. The number of amides is 2. The minimum absolute atomic E-state index is 0.127. The summed E-state index contributed by atoms with van der Waals surface area (Å²) in [5, 5.41) is 8.26. The number of carbonyl (C=O) groups excluding carboxylic acids is 2. The van der Waals surface area contributed by atoms with Crippen LogP contribution in [0.4, 0.5) is 5.82 Å². The molecule has 10 heteroatoms. The average Bonchev–Trinajstić information content (AvgIpc) is 3.24. The van der Waals surface area contributed by atoms with Crippen LogP contribution in [0.1, 0.15) is 56.7 Å². The molecule has 1 aliphatic heterocycles. The predicted octanol–water partition coefficient (Wildman–Crippen LogP) is 5.78. The minimum Gasteiger partial charge on any atom is -0.493 e. The number of carbonyl (C=O) groups is 2. The van der Waals surface area contributed by atoms with Crippen LogP contribution >= 0.6 is 23.4 Å². The number of methoxy groups -OCH3 is 2. The van der Waals surface area contributed by atoms with Gasteiger partial charge in [0.15, 0.2) is 11.5 Å². The maximum atomic E-state index is 13.8. The van der Waals surface area contributed by atoms with Gasteiger partial charge >= 0.3 is 0 Å². The van der Waals surface area contributed by atoms with Crippen LogP contribution in [0.5, 0.6) is 11.5 Å². The van der Waals surface area contributed by atoms with Crippen molar-refractivity contribution in [2.75, 3.05) is 38.0 Å². The van der Waals surface area contributed by atoms with E-state index in [9.17, 15) is 9.59 Å². The molecule has 0 saturated heterocycles. The molecule has 2 aromatic carbocycles. The second kappa shape index (κ2) is 12.1. The highest BCUT2D eigenvalue weighted by Gasteiger charge is 2.40. The van der Waals surface area contributed by atoms with Gasteiger partial charge in [0.25, 0.3) is 0 Å². The normalized spacial score (nSPS) is 15.6. The molecule has 214 valence electrons. The summed E-state index contributed by atoms with van der Waals surface area (Å²) >= 11 is 8.19. The molecule has 0 spiro atoms. The fourth-order valence-corrected chi connectivity index (χ4v) is 6.06. The molecule has 0 bridgehead atoms. The third kappa shape index (κ3) is 6.10. The van der Waals surface area contributed by atoms with Gasteiger partial charge in [-0.15, -0.1) is 11.8 Å². The van der Waals surface area contributed by atoms with Crippen molar-refractivity contribution >= 4 is 41.0 Å². The number of hydrogen-bond acceptors (Lipinski definition) is 6. The number of halogens is 1. The minimum atomic E-state index is -0.384. The maximum Gasteiger partial charge on any atom is 0.240 e. The van der Waals surface area contributed by atoms with Crippen molar-refractivity contribution < 1.29 is 19.1 Å². The number of fused-ring (bicyclic) bond motifs is 1. The molecule has 1 atom stereocenters. The number of nitrogens with one attached hydrogen (secondary N) is 1. The molecule has 1 aromatic heterocycles. The molecule has 2 heterocycles. The van der Waals surface area contributed by atoms with Gasteiger partial charge in [-0.25, -0.2) is 4.68 Å². The summed E-state index contributed by atoms with van der Waals surface area (Å²) < 4.78 is 12.8. The van der Waals surface area contributed by atoms with Crippen LogP contribution in [0.15, 0.2) is 42.5 Å². The monoisotopic (exact) mass is 584 g/mol. The van der Waals surface area contributed by atoms with E-state index in [1.54, 1.807) is 29.9 Å².